The summed E-state index contributed by atoms with van der Waals surface area (Å²) in [6.07, 6.45) is 0. The second-order valence-corrected chi connectivity index (χ2v) is 5.89. The lowest BCUT2D eigenvalue weighted by Crippen LogP contribution is -2.32. The summed E-state index contributed by atoms with van der Waals surface area (Å²) in [4.78, 5) is 11.8. The average Bonchev–Trinajstić information content (AvgIpc) is 2.13. The number of carbonyl (C=O) groups is 1. The molecule has 0 unspecified atom stereocenters. The molecular formula is C12H18BrClN2O. The highest BCUT2D eigenvalue weighted by molar-refractivity contribution is 9.10. The Balaban J connectivity index is 0.00000256. The Morgan fingerprint density at radius 3 is 2.47 bits per heavy atom. The van der Waals surface area contributed by atoms with Crippen LogP contribution in [-0.4, -0.2) is 12.5 Å². The number of hydrogen-bond acceptors (Lipinski definition) is 2. The topological polar surface area (TPSA) is 55.1 Å². The first-order valence-corrected chi connectivity index (χ1v) is 5.92. The van der Waals surface area contributed by atoms with E-state index in [9.17, 15) is 4.79 Å². The molecular weight excluding hydrogens is 304 g/mol. The lowest BCUT2D eigenvalue weighted by molar-refractivity contribution is 0.0940. The highest BCUT2D eigenvalue weighted by Crippen LogP contribution is 2.19. The number of benzene rings is 1. The van der Waals surface area contributed by atoms with Gasteiger partial charge in [-0.15, -0.1) is 12.4 Å². The van der Waals surface area contributed by atoms with Crippen molar-refractivity contribution in [2.24, 2.45) is 5.41 Å². The molecule has 0 aliphatic heterocycles. The van der Waals surface area contributed by atoms with Gasteiger partial charge >= 0.3 is 0 Å². The molecule has 17 heavy (non-hydrogen) atoms. The molecule has 96 valence electrons. The molecule has 0 saturated heterocycles. The Hall–Kier alpha value is -0.740. The maximum Gasteiger partial charge on any atom is 0.253 e. The van der Waals surface area contributed by atoms with E-state index < -0.39 is 0 Å². The lowest BCUT2D eigenvalue weighted by Gasteiger charge is -2.19. The second kappa shape index (κ2) is 6.26. The molecule has 1 rings (SSSR count). The van der Waals surface area contributed by atoms with Gasteiger partial charge in [-0.2, -0.15) is 0 Å². The summed E-state index contributed by atoms with van der Waals surface area (Å²) >= 11 is 3.30. The fourth-order valence-electron chi connectivity index (χ4n) is 1.18. The SMILES string of the molecule is CC(C)(C)CNC(=O)c1ccc(Br)cc1N.Cl. The van der Waals surface area contributed by atoms with Crippen LogP contribution in [0.5, 0.6) is 0 Å². The monoisotopic (exact) mass is 320 g/mol. The van der Waals surface area contributed by atoms with Crippen LogP contribution in [0.15, 0.2) is 22.7 Å². The average molecular weight is 322 g/mol. The van der Waals surface area contributed by atoms with Crippen LogP contribution >= 0.6 is 28.3 Å². The molecule has 1 amide bonds. The predicted molar refractivity (Wildman–Crippen MR) is 77.6 cm³/mol. The van der Waals surface area contributed by atoms with Crippen molar-refractivity contribution in [3.8, 4) is 0 Å². The van der Waals surface area contributed by atoms with Crippen molar-refractivity contribution in [3.63, 3.8) is 0 Å². The Morgan fingerprint density at radius 2 is 2.00 bits per heavy atom. The van der Waals surface area contributed by atoms with Gasteiger partial charge in [-0.05, 0) is 23.6 Å². The van der Waals surface area contributed by atoms with Gasteiger partial charge in [-0.25, -0.2) is 0 Å². The van der Waals surface area contributed by atoms with Gasteiger partial charge in [0.25, 0.3) is 5.91 Å². The van der Waals surface area contributed by atoms with E-state index in [4.69, 9.17) is 5.73 Å². The van der Waals surface area contributed by atoms with E-state index in [0.29, 0.717) is 17.8 Å². The highest BCUT2D eigenvalue weighted by Gasteiger charge is 2.14. The summed E-state index contributed by atoms with van der Waals surface area (Å²) in [5, 5.41) is 2.86. The molecule has 0 aromatic heterocycles. The highest BCUT2D eigenvalue weighted by atomic mass is 79.9. The standard InChI is InChI=1S/C12H17BrN2O.ClH/c1-12(2,3)7-15-11(16)9-5-4-8(13)6-10(9)14;/h4-6H,7,14H2,1-3H3,(H,15,16);1H. The van der Waals surface area contributed by atoms with Crippen LogP contribution in [0.1, 0.15) is 31.1 Å². The molecule has 0 fully saturated rings. The van der Waals surface area contributed by atoms with Gasteiger partial charge in [0.05, 0.1) is 5.56 Å². The van der Waals surface area contributed by atoms with Crippen LogP contribution in [0.4, 0.5) is 5.69 Å². The van der Waals surface area contributed by atoms with Gasteiger partial charge in [-0.1, -0.05) is 36.7 Å². The van der Waals surface area contributed by atoms with Crippen molar-refractivity contribution in [2.75, 3.05) is 12.3 Å². The minimum atomic E-state index is -0.125. The Bertz CT molecular complexity index is 402. The quantitative estimate of drug-likeness (QED) is 0.822. The molecule has 0 heterocycles. The summed E-state index contributed by atoms with van der Waals surface area (Å²) < 4.78 is 0.873. The first-order chi connectivity index (χ1) is 7.29. The molecule has 1 aromatic carbocycles. The van der Waals surface area contributed by atoms with Gasteiger partial charge in [0, 0.05) is 16.7 Å². The first-order valence-electron chi connectivity index (χ1n) is 5.13. The van der Waals surface area contributed by atoms with Crippen LogP contribution in [0.3, 0.4) is 0 Å². The van der Waals surface area contributed by atoms with Crippen LogP contribution in [0, 0.1) is 5.41 Å². The third kappa shape index (κ3) is 5.41. The van der Waals surface area contributed by atoms with Crippen molar-refractivity contribution >= 4 is 39.9 Å². The van der Waals surface area contributed by atoms with Crippen molar-refractivity contribution < 1.29 is 4.79 Å². The largest absolute Gasteiger partial charge is 0.398 e. The number of rotatable bonds is 2. The molecule has 0 bridgehead atoms. The first kappa shape index (κ1) is 16.3. The van der Waals surface area contributed by atoms with Gasteiger partial charge in [0.2, 0.25) is 0 Å². The number of anilines is 1. The third-order valence-corrected chi connectivity index (χ3v) is 2.53. The minimum Gasteiger partial charge on any atom is -0.398 e. The van der Waals surface area contributed by atoms with Crippen LogP contribution < -0.4 is 11.1 Å². The van der Waals surface area contributed by atoms with E-state index in [1.54, 1.807) is 12.1 Å². The van der Waals surface area contributed by atoms with E-state index in [1.165, 1.54) is 0 Å². The Morgan fingerprint density at radius 1 is 1.41 bits per heavy atom. The zero-order chi connectivity index (χ0) is 12.3. The van der Waals surface area contributed by atoms with E-state index in [-0.39, 0.29) is 23.7 Å². The Kier molecular flexibility index (Phi) is 5.99. The number of carbonyl (C=O) groups excluding carboxylic acids is 1. The molecule has 3 nitrogen and oxygen atoms in total. The van der Waals surface area contributed by atoms with Crippen molar-refractivity contribution in [3.05, 3.63) is 28.2 Å². The summed E-state index contributed by atoms with van der Waals surface area (Å²) in [5.41, 5.74) is 6.85. The fraction of sp³-hybridized carbons (Fsp3) is 0.417. The molecule has 0 atom stereocenters. The molecule has 5 heteroatoms. The van der Waals surface area contributed by atoms with E-state index in [2.05, 4.69) is 42.0 Å². The van der Waals surface area contributed by atoms with E-state index in [0.717, 1.165) is 4.47 Å². The van der Waals surface area contributed by atoms with Crippen molar-refractivity contribution in [2.45, 2.75) is 20.8 Å². The third-order valence-electron chi connectivity index (χ3n) is 2.04. The normalized spacial score (nSPS) is 10.6. The fourth-order valence-corrected chi connectivity index (χ4v) is 1.56. The molecule has 0 aliphatic carbocycles. The molecule has 3 N–H and O–H groups in total. The summed E-state index contributed by atoms with van der Waals surface area (Å²) in [6, 6.07) is 5.26. The molecule has 0 radical (unpaired) electrons. The number of nitrogens with one attached hydrogen (secondary N) is 1. The molecule has 0 aliphatic rings. The molecule has 1 aromatic rings. The summed E-state index contributed by atoms with van der Waals surface area (Å²) in [7, 11) is 0. The van der Waals surface area contributed by atoms with Crippen molar-refractivity contribution in [1.29, 1.82) is 0 Å². The number of nitrogen functional groups attached to an aromatic ring is 1. The van der Waals surface area contributed by atoms with Gasteiger partial charge in [-0.3, -0.25) is 4.79 Å². The predicted octanol–water partition coefficient (Wildman–Crippen LogP) is 3.23. The number of amides is 1. The molecule has 0 spiro atoms. The van der Waals surface area contributed by atoms with Crippen LogP contribution in [0.2, 0.25) is 0 Å². The summed E-state index contributed by atoms with van der Waals surface area (Å²) in [6.45, 7) is 6.83. The van der Waals surface area contributed by atoms with Gasteiger partial charge < -0.3 is 11.1 Å². The number of halogens is 2. The van der Waals surface area contributed by atoms with Crippen LogP contribution in [-0.2, 0) is 0 Å². The lowest BCUT2D eigenvalue weighted by atomic mass is 9.97. The van der Waals surface area contributed by atoms with E-state index in [1.807, 2.05) is 6.07 Å². The minimum absolute atomic E-state index is 0. The van der Waals surface area contributed by atoms with Crippen LogP contribution in [0.25, 0.3) is 0 Å². The maximum atomic E-state index is 11.8. The molecule has 0 saturated carbocycles. The number of hydrogen-bond donors (Lipinski definition) is 2. The van der Waals surface area contributed by atoms with Crippen molar-refractivity contribution in [1.82, 2.24) is 5.32 Å². The maximum absolute atomic E-state index is 11.8. The van der Waals surface area contributed by atoms with Gasteiger partial charge in [0.15, 0.2) is 0 Å². The van der Waals surface area contributed by atoms with Gasteiger partial charge in [0.1, 0.15) is 0 Å². The second-order valence-electron chi connectivity index (χ2n) is 4.97. The smallest absolute Gasteiger partial charge is 0.253 e. The zero-order valence-corrected chi connectivity index (χ0v) is 12.6. The number of nitrogens with two attached hydrogens (primary N) is 1. The summed E-state index contributed by atoms with van der Waals surface area (Å²) in [5.74, 6) is -0.125. The zero-order valence-electron chi connectivity index (χ0n) is 10.2. The van der Waals surface area contributed by atoms with E-state index >= 15 is 0 Å². The Labute approximate surface area is 117 Å².